The summed E-state index contributed by atoms with van der Waals surface area (Å²) in [5.41, 5.74) is 2.01. The summed E-state index contributed by atoms with van der Waals surface area (Å²) in [5, 5.41) is 3.03. The molecule has 26 heavy (non-hydrogen) atoms. The summed E-state index contributed by atoms with van der Waals surface area (Å²) >= 11 is 0. The van der Waals surface area contributed by atoms with Crippen LogP contribution in [0, 0.1) is 6.92 Å². The van der Waals surface area contributed by atoms with E-state index in [-0.39, 0.29) is 23.6 Å². The van der Waals surface area contributed by atoms with Crippen molar-refractivity contribution in [1.82, 2.24) is 10.2 Å². The van der Waals surface area contributed by atoms with Gasteiger partial charge in [0.1, 0.15) is 11.8 Å². The lowest BCUT2D eigenvalue weighted by Crippen LogP contribution is -2.46. The molecule has 1 saturated heterocycles. The van der Waals surface area contributed by atoms with E-state index in [1.165, 1.54) is 6.26 Å². The van der Waals surface area contributed by atoms with Crippen LogP contribution in [0.3, 0.4) is 0 Å². The second-order valence-corrected chi connectivity index (χ2v) is 6.61. The summed E-state index contributed by atoms with van der Waals surface area (Å²) in [6.07, 6.45) is 2.91. The molecule has 3 rings (SSSR count). The number of hydrogen-bond donors (Lipinski definition) is 1. The Labute approximate surface area is 153 Å². The molecule has 2 unspecified atom stereocenters. The van der Waals surface area contributed by atoms with E-state index < -0.39 is 6.04 Å². The number of benzene rings is 1. The normalized spacial score (nSPS) is 17.8. The molecule has 2 heterocycles. The average molecular weight is 356 g/mol. The standard InChI is InChI=1S/C20H24N2O4/c1-13-8-9-17(25-3)15(12-13)14(2)21-19(23)16-6-4-10-22(16)20(24)18-7-5-11-26-18/h5,7-9,11-12,14,16H,4,6,10H2,1-3H3,(H,21,23). The number of rotatable bonds is 5. The van der Waals surface area contributed by atoms with Gasteiger partial charge in [-0.25, -0.2) is 0 Å². The Morgan fingerprint density at radius 3 is 2.85 bits per heavy atom. The van der Waals surface area contributed by atoms with Crippen molar-refractivity contribution >= 4 is 11.8 Å². The summed E-state index contributed by atoms with van der Waals surface area (Å²) in [6, 6.07) is 8.46. The highest BCUT2D eigenvalue weighted by Gasteiger charge is 2.36. The van der Waals surface area contributed by atoms with Crippen molar-refractivity contribution in [1.29, 1.82) is 0 Å². The predicted molar refractivity (Wildman–Crippen MR) is 97.1 cm³/mol. The number of amides is 2. The van der Waals surface area contributed by atoms with Gasteiger partial charge >= 0.3 is 0 Å². The van der Waals surface area contributed by atoms with Gasteiger partial charge in [0.15, 0.2) is 5.76 Å². The fraction of sp³-hybridized carbons (Fsp3) is 0.400. The van der Waals surface area contributed by atoms with Crippen LogP contribution in [0.15, 0.2) is 41.0 Å². The van der Waals surface area contributed by atoms with Crippen LogP contribution < -0.4 is 10.1 Å². The maximum atomic E-state index is 12.8. The highest BCUT2D eigenvalue weighted by Crippen LogP contribution is 2.27. The molecule has 0 bridgehead atoms. The van der Waals surface area contributed by atoms with E-state index in [9.17, 15) is 9.59 Å². The average Bonchev–Trinajstić information content (AvgIpc) is 3.32. The number of furan rings is 1. The Hall–Kier alpha value is -2.76. The van der Waals surface area contributed by atoms with Crippen LogP contribution in [0.5, 0.6) is 5.75 Å². The number of carbonyl (C=O) groups excluding carboxylic acids is 2. The largest absolute Gasteiger partial charge is 0.496 e. The fourth-order valence-corrected chi connectivity index (χ4v) is 3.40. The van der Waals surface area contributed by atoms with Crippen molar-refractivity contribution in [3.63, 3.8) is 0 Å². The number of likely N-dealkylation sites (tertiary alicyclic amines) is 1. The molecular weight excluding hydrogens is 332 g/mol. The number of carbonyl (C=O) groups is 2. The number of hydrogen-bond acceptors (Lipinski definition) is 4. The van der Waals surface area contributed by atoms with Gasteiger partial charge in [-0.15, -0.1) is 0 Å². The predicted octanol–water partition coefficient (Wildman–Crippen LogP) is 3.08. The van der Waals surface area contributed by atoms with Crippen molar-refractivity contribution in [2.24, 2.45) is 0 Å². The van der Waals surface area contributed by atoms with Crippen molar-refractivity contribution < 1.29 is 18.7 Å². The molecule has 2 atom stereocenters. The van der Waals surface area contributed by atoms with E-state index in [1.54, 1.807) is 24.1 Å². The molecule has 0 saturated carbocycles. The van der Waals surface area contributed by atoms with Gasteiger partial charge in [-0.2, -0.15) is 0 Å². The van der Waals surface area contributed by atoms with Crippen LogP contribution >= 0.6 is 0 Å². The minimum atomic E-state index is -0.481. The molecule has 1 aromatic carbocycles. The summed E-state index contributed by atoms with van der Waals surface area (Å²) < 4.78 is 10.6. The third kappa shape index (κ3) is 3.59. The van der Waals surface area contributed by atoms with Crippen LogP contribution in [0.2, 0.25) is 0 Å². The van der Waals surface area contributed by atoms with Gasteiger partial charge in [-0.1, -0.05) is 17.7 Å². The number of ether oxygens (including phenoxy) is 1. The minimum absolute atomic E-state index is 0.154. The maximum Gasteiger partial charge on any atom is 0.290 e. The summed E-state index contributed by atoms with van der Waals surface area (Å²) in [7, 11) is 1.61. The van der Waals surface area contributed by atoms with E-state index in [0.717, 1.165) is 23.3 Å². The zero-order valence-corrected chi connectivity index (χ0v) is 15.3. The molecule has 1 fully saturated rings. The molecule has 0 spiro atoms. The number of aryl methyl sites for hydroxylation is 1. The van der Waals surface area contributed by atoms with Crippen molar-refractivity contribution in [2.75, 3.05) is 13.7 Å². The van der Waals surface area contributed by atoms with E-state index in [2.05, 4.69) is 5.32 Å². The van der Waals surface area contributed by atoms with Gasteiger partial charge in [-0.3, -0.25) is 9.59 Å². The molecule has 1 aliphatic heterocycles. The zero-order valence-electron chi connectivity index (χ0n) is 15.3. The first-order valence-electron chi connectivity index (χ1n) is 8.80. The lowest BCUT2D eigenvalue weighted by molar-refractivity contribution is -0.125. The van der Waals surface area contributed by atoms with Crippen molar-refractivity contribution in [3.8, 4) is 5.75 Å². The highest BCUT2D eigenvalue weighted by atomic mass is 16.5. The maximum absolute atomic E-state index is 12.8. The molecule has 6 nitrogen and oxygen atoms in total. The molecule has 0 radical (unpaired) electrons. The van der Waals surface area contributed by atoms with E-state index in [0.29, 0.717) is 13.0 Å². The van der Waals surface area contributed by atoms with E-state index in [4.69, 9.17) is 9.15 Å². The summed E-state index contributed by atoms with van der Waals surface area (Å²) in [6.45, 7) is 4.47. The van der Waals surface area contributed by atoms with Crippen molar-refractivity contribution in [3.05, 3.63) is 53.5 Å². The van der Waals surface area contributed by atoms with Crippen LogP contribution in [-0.2, 0) is 4.79 Å². The van der Waals surface area contributed by atoms with E-state index in [1.807, 2.05) is 32.0 Å². The number of nitrogens with zero attached hydrogens (tertiary/aromatic N) is 1. The Bertz CT molecular complexity index is 785. The molecule has 1 aromatic heterocycles. The second-order valence-electron chi connectivity index (χ2n) is 6.61. The first-order chi connectivity index (χ1) is 12.5. The number of nitrogens with one attached hydrogen (secondary N) is 1. The van der Waals surface area contributed by atoms with Crippen LogP contribution in [0.25, 0.3) is 0 Å². The van der Waals surface area contributed by atoms with Gasteiger partial charge in [0, 0.05) is 12.1 Å². The van der Waals surface area contributed by atoms with Crippen LogP contribution in [-0.4, -0.2) is 36.4 Å². The topological polar surface area (TPSA) is 71.8 Å². The van der Waals surface area contributed by atoms with Crippen LogP contribution in [0.4, 0.5) is 0 Å². The molecule has 138 valence electrons. The third-order valence-corrected chi connectivity index (χ3v) is 4.76. The Morgan fingerprint density at radius 2 is 2.15 bits per heavy atom. The molecule has 1 aliphatic rings. The van der Waals surface area contributed by atoms with Crippen LogP contribution in [0.1, 0.15) is 47.5 Å². The quantitative estimate of drug-likeness (QED) is 0.894. The molecule has 2 aromatic rings. The highest BCUT2D eigenvalue weighted by molar-refractivity contribution is 5.96. The first-order valence-corrected chi connectivity index (χ1v) is 8.80. The Balaban J connectivity index is 1.73. The lowest BCUT2D eigenvalue weighted by atomic mass is 10.0. The summed E-state index contributed by atoms with van der Waals surface area (Å²) in [5.74, 6) is 0.600. The minimum Gasteiger partial charge on any atom is -0.496 e. The smallest absolute Gasteiger partial charge is 0.290 e. The van der Waals surface area contributed by atoms with Gasteiger partial charge in [0.25, 0.3) is 5.91 Å². The number of methoxy groups -OCH3 is 1. The molecule has 2 amide bonds. The lowest BCUT2D eigenvalue weighted by Gasteiger charge is -2.25. The van der Waals surface area contributed by atoms with Gasteiger partial charge in [0.05, 0.1) is 19.4 Å². The first kappa shape index (κ1) is 18.0. The molecular formula is C20H24N2O4. The third-order valence-electron chi connectivity index (χ3n) is 4.76. The van der Waals surface area contributed by atoms with Gasteiger partial charge in [0.2, 0.25) is 5.91 Å². The SMILES string of the molecule is COc1ccc(C)cc1C(C)NC(=O)C1CCCN1C(=O)c1ccco1. The fourth-order valence-electron chi connectivity index (χ4n) is 3.40. The molecule has 1 N–H and O–H groups in total. The Morgan fingerprint density at radius 1 is 1.35 bits per heavy atom. The monoisotopic (exact) mass is 356 g/mol. The molecule has 0 aliphatic carbocycles. The van der Waals surface area contributed by atoms with Gasteiger partial charge < -0.3 is 19.4 Å². The zero-order chi connectivity index (χ0) is 18.7. The second kappa shape index (κ2) is 7.64. The molecule has 6 heteroatoms. The van der Waals surface area contributed by atoms with Gasteiger partial charge in [-0.05, 0) is 44.9 Å². The Kier molecular flexibility index (Phi) is 5.30. The summed E-state index contributed by atoms with van der Waals surface area (Å²) in [4.78, 5) is 27.0. The van der Waals surface area contributed by atoms with Crippen molar-refractivity contribution in [2.45, 2.75) is 38.8 Å². The van der Waals surface area contributed by atoms with E-state index >= 15 is 0 Å².